The molecule has 3 heteroatoms. The maximum Gasteiger partial charge on any atom is 0.118 e. The van der Waals surface area contributed by atoms with Crippen LogP contribution in [0.25, 0.3) is 0 Å². The molecule has 1 aromatic rings. The fourth-order valence-corrected chi connectivity index (χ4v) is 1.14. The summed E-state index contributed by atoms with van der Waals surface area (Å²) in [6, 6.07) is 7.62. The molecule has 0 spiro atoms. The average molecular weight is 222 g/mol. The molecular formula is C13H18O3. The zero-order valence-corrected chi connectivity index (χ0v) is 9.77. The highest BCUT2D eigenvalue weighted by molar-refractivity contribution is 5.26. The topological polar surface area (TPSA) is 38.7 Å². The monoisotopic (exact) mass is 222 g/mol. The summed E-state index contributed by atoms with van der Waals surface area (Å²) in [5, 5.41) is 9.13. The molecule has 0 bridgehead atoms. The minimum atomic E-state index is -0.681. The van der Waals surface area contributed by atoms with E-state index in [0.29, 0.717) is 6.61 Å². The summed E-state index contributed by atoms with van der Waals surface area (Å²) in [4.78, 5) is 0. The van der Waals surface area contributed by atoms with Gasteiger partial charge in [-0.1, -0.05) is 18.2 Å². The lowest BCUT2D eigenvalue weighted by Crippen LogP contribution is -2.30. The minimum Gasteiger partial charge on any atom is -0.497 e. The van der Waals surface area contributed by atoms with Gasteiger partial charge in [-0.15, -0.1) is 6.58 Å². The second kappa shape index (κ2) is 5.68. The maximum absolute atomic E-state index is 9.13. The first kappa shape index (κ1) is 12.7. The van der Waals surface area contributed by atoms with Crippen molar-refractivity contribution < 1.29 is 14.6 Å². The van der Waals surface area contributed by atoms with Crippen LogP contribution < -0.4 is 4.74 Å². The van der Waals surface area contributed by atoms with Crippen LogP contribution in [0.1, 0.15) is 12.5 Å². The third-order valence-electron chi connectivity index (χ3n) is 2.47. The van der Waals surface area contributed by atoms with Gasteiger partial charge in [0.25, 0.3) is 0 Å². The van der Waals surface area contributed by atoms with E-state index in [9.17, 15) is 0 Å². The molecule has 88 valence electrons. The molecule has 0 aromatic heterocycles. The standard InChI is InChI=1S/C13H18O3/c1-4-13(2,10-14)16-9-11-5-7-12(15-3)8-6-11/h4-8,14H,1,9-10H2,2-3H3/t13-/m1/s1. The summed E-state index contributed by atoms with van der Waals surface area (Å²) < 4.78 is 10.6. The number of ether oxygens (including phenoxy) is 2. The number of benzene rings is 1. The van der Waals surface area contributed by atoms with Crippen molar-refractivity contribution in [1.29, 1.82) is 0 Å². The van der Waals surface area contributed by atoms with Crippen molar-refractivity contribution in [3.8, 4) is 5.75 Å². The molecular weight excluding hydrogens is 204 g/mol. The van der Waals surface area contributed by atoms with Gasteiger partial charge in [0.15, 0.2) is 0 Å². The van der Waals surface area contributed by atoms with Gasteiger partial charge in [-0.3, -0.25) is 0 Å². The lowest BCUT2D eigenvalue weighted by atomic mass is 10.1. The molecule has 1 atom stereocenters. The number of hydrogen-bond donors (Lipinski definition) is 1. The molecule has 0 saturated carbocycles. The van der Waals surface area contributed by atoms with Crippen molar-refractivity contribution >= 4 is 0 Å². The van der Waals surface area contributed by atoms with Gasteiger partial charge in [0, 0.05) is 0 Å². The van der Waals surface area contributed by atoms with Crippen LogP contribution in [0.2, 0.25) is 0 Å². The zero-order valence-electron chi connectivity index (χ0n) is 9.77. The Bertz CT molecular complexity index is 332. The first-order chi connectivity index (χ1) is 7.63. The number of aliphatic hydroxyl groups is 1. The summed E-state index contributed by atoms with van der Waals surface area (Å²) >= 11 is 0. The first-order valence-corrected chi connectivity index (χ1v) is 5.15. The van der Waals surface area contributed by atoms with Crippen molar-refractivity contribution in [1.82, 2.24) is 0 Å². The van der Waals surface area contributed by atoms with Crippen LogP contribution in [0.4, 0.5) is 0 Å². The molecule has 1 rings (SSSR count). The molecule has 0 aliphatic heterocycles. The van der Waals surface area contributed by atoms with E-state index in [2.05, 4.69) is 6.58 Å². The van der Waals surface area contributed by atoms with E-state index in [0.717, 1.165) is 11.3 Å². The maximum atomic E-state index is 9.13. The molecule has 0 amide bonds. The molecule has 0 saturated heterocycles. The summed E-state index contributed by atoms with van der Waals surface area (Å²) in [5.41, 5.74) is 0.349. The van der Waals surface area contributed by atoms with Crippen LogP contribution in [0.15, 0.2) is 36.9 Å². The highest BCUT2D eigenvalue weighted by atomic mass is 16.5. The van der Waals surface area contributed by atoms with E-state index in [1.807, 2.05) is 24.3 Å². The van der Waals surface area contributed by atoms with Crippen LogP contribution in [0, 0.1) is 0 Å². The number of methoxy groups -OCH3 is 1. The van der Waals surface area contributed by atoms with Gasteiger partial charge in [0.05, 0.1) is 20.3 Å². The SMILES string of the molecule is C=C[C@](C)(CO)OCc1ccc(OC)cc1. The Morgan fingerprint density at radius 3 is 2.44 bits per heavy atom. The zero-order chi connectivity index (χ0) is 12.0. The first-order valence-electron chi connectivity index (χ1n) is 5.15. The van der Waals surface area contributed by atoms with E-state index < -0.39 is 5.60 Å². The summed E-state index contributed by atoms with van der Waals surface area (Å²) in [6.45, 7) is 5.79. The predicted octanol–water partition coefficient (Wildman–Crippen LogP) is 2.15. The second-order valence-electron chi connectivity index (χ2n) is 3.81. The van der Waals surface area contributed by atoms with Crippen molar-refractivity contribution in [2.45, 2.75) is 19.1 Å². The Balaban J connectivity index is 2.57. The second-order valence-corrected chi connectivity index (χ2v) is 3.81. The Morgan fingerprint density at radius 1 is 1.38 bits per heavy atom. The van der Waals surface area contributed by atoms with E-state index in [-0.39, 0.29) is 6.61 Å². The van der Waals surface area contributed by atoms with Crippen molar-refractivity contribution in [3.63, 3.8) is 0 Å². The van der Waals surface area contributed by atoms with Gasteiger partial charge < -0.3 is 14.6 Å². The van der Waals surface area contributed by atoms with Crippen molar-refractivity contribution in [2.24, 2.45) is 0 Å². The molecule has 16 heavy (non-hydrogen) atoms. The lowest BCUT2D eigenvalue weighted by Gasteiger charge is -2.23. The summed E-state index contributed by atoms with van der Waals surface area (Å²) in [6.07, 6.45) is 1.61. The Hall–Kier alpha value is -1.32. The Morgan fingerprint density at radius 2 is 2.00 bits per heavy atom. The fraction of sp³-hybridized carbons (Fsp3) is 0.385. The molecule has 0 fully saturated rings. The largest absolute Gasteiger partial charge is 0.497 e. The molecule has 0 unspecified atom stereocenters. The van der Waals surface area contributed by atoms with E-state index in [4.69, 9.17) is 14.6 Å². The Kier molecular flexibility index (Phi) is 4.52. The highest BCUT2D eigenvalue weighted by Gasteiger charge is 2.19. The van der Waals surface area contributed by atoms with Crippen LogP contribution in [-0.2, 0) is 11.3 Å². The van der Waals surface area contributed by atoms with Gasteiger partial charge in [-0.25, -0.2) is 0 Å². The van der Waals surface area contributed by atoms with Gasteiger partial charge in [-0.2, -0.15) is 0 Å². The van der Waals surface area contributed by atoms with E-state index >= 15 is 0 Å². The van der Waals surface area contributed by atoms with Gasteiger partial charge >= 0.3 is 0 Å². The fourth-order valence-electron chi connectivity index (χ4n) is 1.14. The van der Waals surface area contributed by atoms with Crippen LogP contribution in [0.3, 0.4) is 0 Å². The van der Waals surface area contributed by atoms with Crippen molar-refractivity contribution in [2.75, 3.05) is 13.7 Å². The molecule has 1 aromatic carbocycles. The third kappa shape index (κ3) is 3.36. The smallest absolute Gasteiger partial charge is 0.118 e. The number of rotatable bonds is 6. The number of aliphatic hydroxyl groups excluding tert-OH is 1. The van der Waals surface area contributed by atoms with Gasteiger partial charge in [0.2, 0.25) is 0 Å². The Labute approximate surface area is 96.3 Å². The van der Waals surface area contributed by atoms with Crippen LogP contribution >= 0.6 is 0 Å². The predicted molar refractivity (Wildman–Crippen MR) is 63.5 cm³/mol. The normalized spacial score (nSPS) is 14.2. The minimum absolute atomic E-state index is 0.0767. The van der Waals surface area contributed by atoms with E-state index in [1.165, 1.54) is 0 Å². The number of hydrogen-bond acceptors (Lipinski definition) is 3. The third-order valence-corrected chi connectivity index (χ3v) is 2.47. The van der Waals surface area contributed by atoms with Crippen LogP contribution in [-0.4, -0.2) is 24.4 Å². The van der Waals surface area contributed by atoms with E-state index in [1.54, 1.807) is 20.1 Å². The lowest BCUT2D eigenvalue weighted by molar-refractivity contribution is -0.0422. The van der Waals surface area contributed by atoms with Gasteiger partial charge in [-0.05, 0) is 24.6 Å². The van der Waals surface area contributed by atoms with Crippen LogP contribution in [0.5, 0.6) is 5.75 Å². The molecule has 0 aliphatic rings. The summed E-state index contributed by atoms with van der Waals surface area (Å²) in [5.74, 6) is 0.817. The molecule has 0 heterocycles. The van der Waals surface area contributed by atoms with Gasteiger partial charge in [0.1, 0.15) is 11.4 Å². The highest BCUT2D eigenvalue weighted by Crippen LogP contribution is 2.16. The quantitative estimate of drug-likeness (QED) is 0.749. The molecule has 0 radical (unpaired) electrons. The summed E-state index contributed by atoms with van der Waals surface area (Å²) in [7, 11) is 1.63. The molecule has 0 aliphatic carbocycles. The average Bonchev–Trinajstić information content (AvgIpc) is 2.36. The molecule has 3 nitrogen and oxygen atoms in total. The van der Waals surface area contributed by atoms with Crippen molar-refractivity contribution in [3.05, 3.63) is 42.5 Å². The molecule has 1 N–H and O–H groups in total.